The topological polar surface area (TPSA) is 18.5 Å². The average molecular weight is 417 g/mol. The molecule has 0 amide bonds. The third kappa shape index (κ3) is 4.64. The van der Waals surface area contributed by atoms with E-state index in [4.69, 9.17) is 69.6 Å². The van der Waals surface area contributed by atoms with E-state index in [0.29, 0.717) is 0 Å². The van der Waals surface area contributed by atoms with Gasteiger partial charge in [0, 0.05) is 0 Å². The summed E-state index contributed by atoms with van der Waals surface area (Å²) in [7, 11) is 0. The molecule has 0 radical (unpaired) electrons. The minimum atomic E-state index is -2.67. The fourth-order valence-electron chi connectivity index (χ4n) is 1.00. The van der Waals surface area contributed by atoms with E-state index >= 15 is 0 Å². The van der Waals surface area contributed by atoms with Crippen LogP contribution >= 0.6 is 69.6 Å². The molecular weight excluding hydrogens is 417 g/mol. The van der Waals surface area contributed by atoms with E-state index in [1.807, 2.05) is 0 Å². The maximum Gasteiger partial charge on any atom is 0.338 e. The Morgan fingerprint density at radius 2 is 0.750 bits per heavy atom. The molecule has 0 heterocycles. The average Bonchev–Trinajstić information content (AvgIpc) is 2.25. The molecule has 0 aromatic heterocycles. The smallest absolute Gasteiger partial charge is 0.338 e. The first-order valence-corrected chi connectivity index (χ1v) is 6.47. The van der Waals surface area contributed by atoms with Gasteiger partial charge in [-0.1, -0.05) is 0 Å². The van der Waals surface area contributed by atoms with Crippen LogP contribution in [-0.2, 0) is 0 Å². The molecule has 0 spiro atoms. The number of hydrogen-bond acceptors (Lipinski definition) is 2. The molecule has 0 fully saturated rings. The largest absolute Gasteiger partial charge is 0.439 e. The SMILES string of the molecule is Fc1c(F)c(OC(Cl)(Cl)Cl)c(F)c(F)c1OC(Cl)(Cl)Cl. The minimum Gasteiger partial charge on any atom is -0.439 e. The van der Waals surface area contributed by atoms with Crippen LogP contribution in [-0.4, -0.2) is 7.96 Å². The minimum absolute atomic E-state index is 1.61. The third-order valence-corrected chi connectivity index (χ3v) is 2.08. The van der Waals surface area contributed by atoms with E-state index in [1.54, 1.807) is 0 Å². The van der Waals surface area contributed by atoms with Crippen molar-refractivity contribution in [3.63, 3.8) is 0 Å². The van der Waals surface area contributed by atoms with E-state index in [2.05, 4.69) is 9.47 Å². The summed E-state index contributed by atoms with van der Waals surface area (Å²) in [5.41, 5.74) is 0. The molecule has 114 valence electrons. The van der Waals surface area contributed by atoms with Crippen LogP contribution in [0.3, 0.4) is 0 Å². The lowest BCUT2D eigenvalue weighted by atomic mass is 10.2. The number of benzene rings is 1. The van der Waals surface area contributed by atoms with Crippen molar-refractivity contribution in [2.45, 2.75) is 7.96 Å². The molecule has 0 bridgehead atoms. The van der Waals surface area contributed by atoms with Gasteiger partial charge in [0.15, 0.2) is 0 Å². The first-order valence-electron chi connectivity index (χ1n) is 4.21. The van der Waals surface area contributed by atoms with Gasteiger partial charge in [-0.15, -0.1) is 0 Å². The highest BCUT2D eigenvalue weighted by molar-refractivity contribution is 6.66. The number of ether oxygens (including phenoxy) is 2. The highest BCUT2D eigenvalue weighted by Crippen LogP contribution is 2.41. The third-order valence-electron chi connectivity index (χ3n) is 1.62. The first-order chi connectivity index (χ1) is 8.83. The van der Waals surface area contributed by atoms with Gasteiger partial charge in [0.25, 0.3) is 0 Å². The molecule has 2 nitrogen and oxygen atoms in total. The van der Waals surface area contributed by atoms with E-state index in [1.165, 1.54) is 0 Å². The van der Waals surface area contributed by atoms with Gasteiger partial charge in [0.05, 0.1) is 0 Å². The van der Waals surface area contributed by atoms with Gasteiger partial charge in [-0.2, -0.15) is 17.6 Å². The van der Waals surface area contributed by atoms with E-state index in [-0.39, 0.29) is 0 Å². The van der Waals surface area contributed by atoms with Gasteiger partial charge in [0.2, 0.25) is 34.8 Å². The van der Waals surface area contributed by atoms with Crippen molar-refractivity contribution in [3.8, 4) is 11.5 Å². The van der Waals surface area contributed by atoms with Gasteiger partial charge in [-0.3, -0.25) is 0 Å². The Morgan fingerprint density at radius 1 is 0.550 bits per heavy atom. The first kappa shape index (κ1) is 18.3. The van der Waals surface area contributed by atoms with Crippen molar-refractivity contribution < 1.29 is 27.0 Å². The summed E-state index contributed by atoms with van der Waals surface area (Å²) in [6.07, 6.45) is 0. The number of halogens is 10. The quantitative estimate of drug-likeness (QED) is 0.352. The lowest BCUT2D eigenvalue weighted by Gasteiger charge is -2.19. The van der Waals surface area contributed by atoms with E-state index in [9.17, 15) is 17.6 Å². The van der Waals surface area contributed by atoms with Gasteiger partial charge < -0.3 is 9.47 Å². The zero-order valence-electron chi connectivity index (χ0n) is 8.60. The fourth-order valence-corrected chi connectivity index (χ4v) is 1.46. The van der Waals surface area contributed by atoms with Crippen LogP contribution in [0.4, 0.5) is 17.6 Å². The molecule has 0 unspecified atom stereocenters. The summed E-state index contributed by atoms with van der Waals surface area (Å²) in [4.78, 5) is 0. The van der Waals surface area contributed by atoms with Crippen LogP contribution in [0.5, 0.6) is 11.5 Å². The maximum atomic E-state index is 13.5. The molecule has 20 heavy (non-hydrogen) atoms. The fraction of sp³-hybridized carbons (Fsp3) is 0.250. The van der Waals surface area contributed by atoms with Gasteiger partial charge in [-0.25, -0.2) is 0 Å². The summed E-state index contributed by atoms with van der Waals surface area (Å²) in [5.74, 6) is -11.4. The van der Waals surface area contributed by atoms with E-state index < -0.39 is 42.7 Å². The molecule has 0 saturated heterocycles. The summed E-state index contributed by atoms with van der Waals surface area (Å²) in [6, 6.07) is 0. The monoisotopic (exact) mass is 414 g/mol. The van der Waals surface area contributed by atoms with E-state index in [0.717, 1.165) is 0 Å². The van der Waals surface area contributed by atoms with Crippen molar-refractivity contribution in [1.29, 1.82) is 0 Å². The lowest BCUT2D eigenvalue weighted by molar-refractivity contribution is 0.243. The lowest BCUT2D eigenvalue weighted by Crippen LogP contribution is -2.19. The molecule has 1 aromatic rings. The maximum absolute atomic E-state index is 13.5. The normalized spacial score (nSPS) is 12.5. The second-order valence-electron chi connectivity index (χ2n) is 3.01. The highest BCUT2D eigenvalue weighted by atomic mass is 35.6. The van der Waals surface area contributed by atoms with Gasteiger partial charge >= 0.3 is 7.96 Å². The predicted octanol–water partition coefficient (Wildman–Crippen LogP) is 5.66. The van der Waals surface area contributed by atoms with Crippen LogP contribution in [0.15, 0.2) is 0 Å². The Bertz CT molecular complexity index is 451. The molecule has 0 aliphatic heterocycles. The molecule has 0 aliphatic carbocycles. The van der Waals surface area contributed by atoms with Crippen LogP contribution in [0.25, 0.3) is 0 Å². The zero-order valence-corrected chi connectivity index (χ0v) is 13.1. The summed E-state index contributed by atoms with van der Waals surface area (Å²) in [6.45, 7) is 0. The number of hydrogen-bond donors (Lipinski definition) is 0. The van der Waals surface area contributed by atoms with Crippen molar-refractivity contribution in [2.24, 2.45) is 0 Å². The van der Waals surface area contributed by atoms with Crippen molar-refractivity contribution in [1.82, 2.24) is 0 Å². The van der Waals surface area contributed by atoms with Gasteiger partial charge in [0.1, 0.15) is 0 Å². The van der Waals surface area contributed by atoms with Gasteiger partial charge in [-0.05, 0) is 69.6 Å². The van der Waals surface area contributed by atoms with Crippen molar-refractivity contribution >= 4 is 69.6 Å². The standard InChI is InChI=1S/C8Cl6F4O2/c9-7(10,11)19-5-1(15)2(16)6(4(18)3(5)17)20-8(12,13)14. The second-order valence-corrected chi connectivity index (χ2v) is 7.36. The Hall–Kier alpha value is 0.280. The van der Waals surface area contributed by atoms with Crippen LogP contribution in [0, 0.1) is 23.3 Å². The van der Waals surface area contributed by atoms with Crippen LogP contribution in [0.1, 0.15) is 0 Å². The molecular formula is C8Cl6F4O2. The summed E-state index contributed by atoms with van der Waals surface area (Å²) in [5, 5.41) is 0. The molecule has 0 atom stereocenters. The van der Waals surface area contributed by atoms with Crippen molar-refractivity contribution in [2.75, 3.05) is 0 Å². The zero-order chi connectivity index (χ0) is 15.9. The Kier molecular flexibility index (Phi) is 5.67. The number of rotatable bonds is 2. The second kappa shape index (κ2) is 6.18. The van der Waals surface area contributed by atoms with Crippen LogP contribution in [0.2, 0.25) is 0 Å². The molecule has 0 saturated carbocycles. The van der Waals surface area contributed by atoms with Crippen molar-refractivity contribution in [3.05, 3.63) is 23.3 Å². The van der Waals surface area contributed by atoms with Crippen LogP contribution < -0.4 is 9.47 Å². The summed E-state index contributed by atoms with van der Waals surface area (Å²) >= 11 is 30.6. The Morgan fingerprint density at radius 3 is 0.900 bits per heavy atom. The molecule has 0 aliphatic rings. The number of alkyl halides is 6. The molecule has 1 rings (SSSR count). The Labute approximate surface area is 139 Å². The molecule has 1 aromatic carbocycles. The predicted molar refractivity (Wildman–Crippen MR) is 68.1 cm³/mol. The summed E-state index contributed by atoms with van der Waals surface area (Å²) < 4.78 is 57.0. The molecule has 0 N–H and O–H groups in total. The molecule has 12 heteroatoms. The Balaban J connectivity index is 3.42. The highest BCUT2D eigenvalue weighted by Gasteiger charge is 2.36.